The molecule has 0 bridgehead atoms. The van der Waals surface area contributed by atoms with E-state index in [4.69, 9.17) is 0 Å². The number of aromatic nitrogens is 2. The lowest BCUT2D eigenvalue weighted by molar-refractivity contribution is 0.102. The second-order valence-electron chi connectivity index (χ2n) is 6.85. The first-order valence-corrected chi connectivity index (χ1v) is 10.4. The Balaban J connectivity index is 1.77. The van der Waals surface area contributed by atoms with Crippen LogP contribution < -0.4 is 10.9 Å². The molecule has 0 saturated carbocycles. The average Bonchev–Trinajstić information content (AvgIpc) is 3.13. The summed E-state index contributed by atoms with van der Waals surface area (Å²) in [4.78, 5) is 30.4. The minimum Gasteiger partial charge on any atom is -0.506 e. The molecule has 0 unspecified atom stereocenters. The maximum Gasteiger partial charge on any atom is 0.267 e. The predicted molar refractivity (Wildman–Crippen MR) is 117 cm³/mol. The van der Waals surface area contributed by atoms with E-state index in [0.29, 0.717) is 22.6 Å². The van der Waals surface area contributed by atoms with Gasteiger partial charge in [0.25, 0.3) is 11.5 Å². The molecule has 0 radical (unpaired) electrons. The SMILES string of the molecule is CCCCCn1c(=O)c(C(=O)Nc2nc3ccccc3s2)c(O)c2ccccc21. The lowest BCUT2D eigenvalue weighted by Crippen LogP contribution is -2.30. The number of benzene rings is 2. The van der Waals surface area contributed by atoms with E-state index in [2.05, 4.69) is 17.2 Å². The predicted octanol–water partition coefficient (Wildman–Crippen LogP) is 4.76. The van der Waals surface area contributed by atoms with Crippen molar-refractivity contribution in [1.82, 2.24) is 9.55 Å². The molecule has 148 valence electrons. The molecule has 0 fully saturated rings. The van der Waals surface area contributed by atoms with E-state index >= 15 is 0 Å². The number of thiazole rings is 1. The fraction of sp³-hybridized carbons (Fsp3) is 0.227. The number of pyridine rings is 1. The molecule has 4 aromatic rings. The maximum atomic E-state index is 13.1. The van der Waals surface area contributed by atoms with Crippen molar-refractivity contribution in [2.24, 2.45) is 0 Å². The Morgan fingerprint density at radius 2 is 1.90 bits per heavy atom. The van der Waals surface area contributed by atoms with Crippen molar-refractivity contribution in [3.63, 3.8) is 0 Å². The molecule has 2 aromatic heterocycles. The first-order chi connectivity index (χ1) is 14.1. The Hall–Kier alpha value is -3.19. The molecule has 0 aliphatic heterocycles. The first kappa shape index (κ1) is 19.1. The van der Waals surface area contributed by atoms with E-state index in [1.165, 1.54) is 11.3 Å². The third-order valence-corrected chi connectivity index (χ3v) is 5.82. The van der Waals surface area contributed by atoms with E-state index in [1.807, 2.05) is 30.3 Å². The van der Waals surface area contributed by atoms with Crippen molar-refractivity contribution in [2.75, 3.05) is 5.32 Å². The molecule has 0 aliphatic carbocycles. The number of nitrogens with zero attached hydrogens (tertiary/aromatic N) is 2. The molecule has 2 heterocycles. The van der Waals surface area contributed by atoms with Gasteiger partial charge in [-0.25, -0.2) is 4.98 Å². The molecule has 0 aliphatic rings. The molecular formula is C22H21N3O3S. The number of unbranched alkanes of at least 4 members (excludes halogenated alkanes) is 2. The van der Waals surface area contributed by atoms with Gasteiger partial charge in [0, 0.05) is 11.9 Å². The Kier molecular flexibility index (Phi) is 5.31. The second kappa shape index (κ2) is 8.05. The van der Waals surface area contributed by atoms with Gasteiger partial charge in [-0.1, -0.05) is 55.4 Å². The quantitative estimate of drug-likeness (QED) is 0.451. The van der Waals surface area contributed by atoms with Crippen LogP contribution in [0.3, 0.4) is 0 Å². The number of carbonyl (C=O) groups excluding carboxylic acids is 1. The number of fused-ring (bicyclic) bond motifs is 2. The van der Waals surface area contributed by atoms with Crippen LogP contribution in [-0.2, 0) is 6.54 Å². The zero-order valence-electron chi connectivity index (χ0n) is 16.0. The summed E-state index contributed by atoms with van der Waals surface area (Å²) in [7, 11) is 0. The van der Waals surface area contributed by atoms with Crippen LogP contribution in [0.25, 0.3) is 21.1 Å². The molecule has 1 amide bonds. The number of carbonyl (C=O) groups is 1. The second-order valence-corrected chi connectivity index (χ2v) is 7.88. The molecule has 6 nitrogen and oxygen atoms in total. The first-order valence-electron chi connectivity index (χ1n) is 9.61. The summed E-state index contributed by atoms with van der Waals surface area (Å²) in [6.07, 6.45) is 2.83. The minimum absolute atomic E-state index is 0.251. The van der Waals surface area contributed by atoms with Gasteiger partial charge in [0.2, 0.25) is 0 Å². The standard InChI is InChI=1S/C22H21N3O3S/c1-2-3-8-13-25-16-11-6-4-9-14(16)19(26)18(21(25)28)20(27)24-22-23-15-10-5-7-12-17(15)29-22/h4-7,9-12,26H,2-3,8,13H2,1H3,(H,23,24,27). The Labute approximate surface area is 171 Å². The summed E-state index contributed by atoms with van der Waals surface area (Å²) < 4.78 is 2.51. The maximum absolute atomic E-state index is 13.1. The zero-order chi connectivity index (χ0) is 20.4. The molecule has 0 spiro atoms. The highest BCUT2D eigenvalue weighted by molar-refractivity contribution is 7.22. The normalized spacial score (nSPS) is 11.2. The zero-order valence-corrected chi connectivity index (χ0v) is 16.8. The summed E-state index contributed by atoms with van der Waals surface area (Å²) in [6, 6.07) is 14.6. The van der Waals surface area contributed by atoms with Crippen LogP contribution in [0.4, 0.5) is 5.13 Å². The molecule has 2 aromatic carbocycles. The number of hydrogen-bond acceptors (Lipinski definition) is 5. The van der Waals surface area contributed by atoms with Crippen LogP contribution in [-0.4, -0.2) is 20.6 Å². The number of para-hydroxylation sites is 2. The topological polar surface area (TPSA) is 84.2 Å². The van der Waals surface area contributed by atoms with E-state index in [9.17, 15) is 14.7 Å². The Morgan fingerprint density at radius 3 is 2.69 bits per heavy atom. The lowest BCUT2D eigenvalue weighted by Gasteiger charge is -2.14. The molecular weight excluding hydrogens is 386 g/mol. The van der Waals surface area contributed by atoms with E-state index in [1.54, 1.807) is 22.8 Å². The van der Waals surface area contributed by atoms with Gasteiger partial charge in [0.15, 0.2) is 5.13 Å². The van der Waals surface area contributed by atoms with Crippen LogP contribution in [0, 0.1) is 0 Å². The summed E-state index contributed by atoms with van der Waals surface area (Å²) in [6.45, 7) is 2.59. The van der Waals surface area contributed by atoms with Crippen molar-refractivity contribution in [2.45, 2.75) is 32.7 Å². The average molecular weight is 407 g/mol. The molecule has 7 heteroatoms. The number of hydrogen-bond donors (Lipinski definition) is 2. The van der Waals surface area contributed by atoms with Gasteiger partial charge in [0.05, 0.1) is 15.7 Å². The van der Waals surface area contributed by atoms with Crippen molar-refractivity contribution in [3.05, 3.63) is 64.4 Å². The van der Waals surface area contributed by atoms with Gasteiger partial charge in [-0.2, -0.15) is 0 Å². The van der Waals surface area contributed by atoms with Crippen molar-refractivity contribution >= 4 is 43.5 Å². The van der Waals surface area contributed by atoms with Gasteiger partial charge in [-0.05, 0) is 30.7 Å². The third-order valence-electron chi connectivity index (χ3n) is 4.87. The van der Waals surface area contributed by atoms with E-state index < -0.39 is 11.5 Å². The fourth-order valence-electron chi connectivity index (χ4n) is 3.42. The highest BCUT2D eigenvalue weighted by Gasteiger charge is 2.23. The number of nitrogens with one attached hydrogen (secondary N) is 1. The van der Waals surface area contributed by atoms with Gasteiger partial charge in [-0.15, -0.1) is 0 Å². The van der Waals surface area contributed by atoms with Crippen molar-refractivity contribution < 1.29 is 9.90 Å². The van der Waals surface area contributed by atoms with Gasteiger partial charge < -0.3 is 9.67 Å². The number of amides is 1. The highest BCUT2D eigenvalue weighted by atomic mass is 32.1. The summed E-state index contributed by atoms with van der Waals surface area (Å²) in [5.74, 6) is -0.947. The van der Waals surface area contributed by atoms with Crippen LogP contribution >= 0.6 is 11.3 Å². The fourth-order valence-corrected chi connectivity index (χ4v) is 4.28. The smallest absolute Gasteiger partial charge is 0.267 e. The summed E-state index contributed by atoms with van der Waals surface area (Å²) in [5.41, 5.74) is 0.658. The van der Waals surface area contributed by atoms with Crippen LogP contribution in [0.1, 0.15) is 36.5 Å². The number of aryl methyl sites for hydroxylation is 1. The highest BCUT2D eigenvalue weighted by Crippen LogP contribution is 2.29. The third kappa shape index (κ3) is 3.61. The van der Waals surface area contributed by atoms with E-state index in [0.717, 1.165) is 29.5 Å². The monoisotopic (exact) mass is 407 g/mol. The summed E-state index contributed by atoms with van der Waals surface area (Å²) >= 11 is 1.32. The molecule has 2 N–H and O–H groups in total. The lowest BCUT2D eigenvalue weighted by atomic mass is 10.1. The molecule has 29 heavy (non-hydrogen) atoms. The minimum atomic E-state index is -0.651. The van der Waals surface area contributed by atoms with Crippen LogP contribution in [0.5, 0.6) is 5.75 Å². The molecule has 4 rings (SSSR count). The van der Waals surface area contributed by atoms with Gasteiger partial charge in [-0.3, -0.25) is 14.9 Å². The molecule has 0 atom stereocenters. The Bertz CT molecular complexity index is 1230. The number of anilines is 1. The van der Waals surface area contributed by atoms with E-state index in [-0.39, 0.29) is 11.3 Å². The Morgan fingerprint density at radius 1 is 1.14 bits per heavy atom. The number of aromatic hydroxyl groups is 1. The van der Waals surface area contributed by atoms with Gasteiger partial charge in [0.1, 0.15) is 11.3 Å². The van der Waals surface area contributed by atoms with Gasteiger partial charge >= 0.3 is 0 Å². The van der Waals surface area contributed by atoms with Crippen LogP contribution in [0.15, 0.2) is 53.3 Å². The van der Waals surface area contributed by atoms with Crippen molar-refractivity contribution in [3.8, 4) is 5.75 Å². The van der Waals surface area contributed by atoms with Crippen molar-refractivity contribution in [1.29, 1.82) is 0 Å². The molecule has 0 saturated heterocycles. The summed E-state index contributed by atoms with van der Waals surface area (Å²) in [5, 5.41) is 14.3. The largest absolute Gasteiger partial charge is 0.506 e. The van der Waals surface area contributed by atoms with Crippen LogP contribution in [0.2, 0.25) is 0 Å². The number of rotatable bonds is 6.